The monoisotopic (exact) mass is 338 g/mol. The lowest BCUT2D eigenvalue weighted by Gasteiger charge is -2.34. The Morgan fingerprint density at radius 3 is 2.44 bits per heavy atom. The maximum atomic E-state index is 12.1. The van der Waals surface area contributed by atoms with Gasteiger partial charge in [-0.25, -0.2) is 4.79 Å². The van der Waals surface area contributed by atoms with Crippen molar-refractivity contribution in [2.24, 2.45) is 0 Å². The molecule has 2 amide bonds. The van der Waals surface area contributed by atoms with Crippen molar-refractivity contribution in [1.29, 1.82) is 0 Å². The minimum atomic E-state index is -0.186. The van der Waals surface area contributed by atoms with E-state index in [0.717, 1.165) is 37.4 Å². The molecule has 3 rings (SSSR count). The van der Waals surface area contributed by atoms with Crippen molar-refractivity contribution in [2.45, 2.75) is 13.5 Å². The van der Waals surface area contributed by atoms with E-state index in [0.29, 0.717) is 6.54 Å². The summed E-state index contributed by atoms with van der Waals surface area (Å²) < 4.78 is 0. The number of aryl methyl sites for hydroxylation is 1. The predicted octanol–water partition coefficient (Wildman–Crippen LogP) is 3.07. The molecule has 0 spiro atoms. The molecule has 25 heavy (non-hydrogen) atoms. The number of hydrogen-bond donors (Lipinski definition) is 2. The van der Waals surface area contributed by atoms with E-state index in [1.165, 1.54) is 11.3 Å². The molecule has 0 saturated carbocycles. The number of nitrogens with one attached hydrogen (secondary N) is 2. The van der Waals surface area contributed by atoms with Crippen LogP contribution in [0.1, 0.15) is 11.1 Å². The minimum absolute atomic E-state index is 0.186. The van der Waals surface area contributed by atoms with Gasteiger partial charge in [0.1, 0.15) is 0 Å². The van der Waals surface area contributed by atoms with E-state index in [2.05, 4.69) is 45.7 Å². The molecule has 1 fully saturated rings. The van der Waals surface area contributed by atoms with Crippen LogP contribution in [-0.4, -0.2) is 44.2 Å². The Labute approximate surface area is 149 Å². The lowest BCUT2D eigenvalue weighted by Crippen LogP contribution is -2.44. The van der Waals surface area contributed by atoms with Crippen molar-refractivity contribution in [3.8, 4) is 0 Å². The van der Waals surface area contributed by atoms with E-state index < -0.39 is 0 Å². The zero-order valence-electron chi connectivity index (χ0n) is 15.0. The standard InChI is InChI=1S/C20H26N4O/c1-16-4-3-5-17(14-16)15-21-20(25)22-18-6-8-19(9-7-18)24-12-10-23(2)11-13-24/h3-9,14H,10-13,15H2,1-2H3,(H2,21,22,25). The molecule has 2 aromatic carbocycles. The van der Waals surface area contributed by atoms with Crippen LogP contribution in [0.3, 0.4) is 0 Å². The number of amides is 2. The number of anilines is 2. The van der Waals surface area contributed by atoms with Crippen molar-refractivity contribution in [2.75, 3.05) is 43.4 Å². The smallest absolute Gasteiger partial charge is 0.319 e. The summed E-state index contributed by atoms with van der Waals surface area (Å²) in [6.45, 7) is 6.82. The second-order valence-corrected chi connectivity index (χ2v) is 6.63. The number of hydrogen-bond acceptors (Lipinski definition) is 3. The molecule has 0 bridgehead atoms. The number of urea groups is 1. The molecule has 1 aliphatic rings. The Morgan fingerprint density at radius 1 is 1.04 bits per heavy atom. The number of piperazine rings is 1. The van der Waals surface area contributed by atoms with E-state index in [9.17, 15) is 4.79 Å². The number of carbonyl (C=O) groups is 1. The van der Waals surface area contributed by atoms with Crippen LogP contribution in [0.25, 0.3) is 0 Å². The van der Waals surface area contributed by atoms with Gasteiger partial charge in [-0.3, -0.25) is 0 Å². The first-order valence-electron chi connectivity index (χ1n) is 8.74. The predicted molar refractivity (Wildman–Crippen MR) is 103 cm³/mol. The van der Waals surface area contributed by atoms with Gasteiger partial charge >= 0.3 is 6.03 Å². The summed E-state index contributed by atoms with van der Waals surface area (Å²) in [6, 6.07) is 16.0. The lowest BCUT2D eigenvalue weighted by atomic mass is 10.1. The number of benzene rings is 2. The Hall–Kier alpha value is -2.53. The van der Waals surface area contributed by atoms with Crippen LogP contribution in [0.2, 0.25) is 0 Å². The van der Waals surface area contributed by atoms with E-state index >= 15 is 0 Å². The molecule has 5 nitrogen and oxygen atoms in total. The average molecular weight is 338 g/mol. The van der Waals surface area contributed by atoms with Crippen LogP contribution in [-0.2, 0) is 6.54 Å². The van der Waals surface area contributed by atoms with Gasteiger partial charge < -0.3 is 20.4 Å². The van der Waals surface area contributed by atoms with E-state index in [1.54, 1.807) is 0 Å². The van der Waals surface area contributed by atoms with Crippen LogP contribution in [0.15, 0.2) is 48.5 Å². The Bertz CT molecular complexity index is 706. The molecule has 1 saturated heterocycles. The zero-order valence-corrected chi connectivity index (χ0v) is 15.0. The Kier molecular flexibility index (Phi) is 5.56. The Balaban J connectivity index is 1.50. The van der Waals surface area contributed by atoms with Gasteiger partial charge in [0.25, 0.3) is 0 Å². The van der Waals surface area contributed by atoms with Crippen molar-refractivity contribution in [3.63, 3.8) is 0 Å². The summed E-state index contributed by atoms with van der Waals surface area (Å²) in [5, 5.41) is 5.78. The third-order valence-electron chi connectivity index (χ3n) is 4.53. The van der Waals surface area contributed by atoms with E-state index in [4.69, 9.17) is 0 Å². The van der Waals surface area contributed by atoms with Crippen LogP contribution >= 0.6 is 0 Å². The molecule has 0 radical (unpaired) electrons. The highest BCUT2D eigenvalue weighted by molar-refractivity contribution is 5.89. The summed E-state index contributed by atoms with van der Waals surface area (Å²) >= 11 is 0. The summed E-state index contributed by atoms with van der Waals surface area (Å²) in [5.41, 5.74) is 4.30. The first-order valence-corrected chi connectivity index (χ1v) is 8.74. The molecule has 0 aromatic heterocycles. The molecule has 5 heteroatoms. The number of nitrogens with zero attached hydrogens (tertiary/aromatic N) is 2. The number of rotatable bonds is 4. The van der Waals surface area contributed by atoms with Crippen LogP contribution < -0.4 is 15.5 Å². The average Bonchev–Trinajstić information content (AvgIpc) is 2.62. The van der Waals surface area contributed by atoms with Gasteiger partial charge in [0, 0.05) is 44.1 Å². The molecule has 2 N–H and O–H groups in total. The normalized spacial score (nSPS) is 15.0. The first-order chi connectivity index (χ1) is 12.1. The van der Waals surface area contributed by atoms with Crippen molar-refractivity contribution in [3.05, 3.63) is 59.7 Å². The SMILES string of the molecule is Cc1cccc(CNC(=O)Nc2ccc(N3CCN(C)CC3)cc2)c1. The molecular formula is C20H26N4O. The Morgan fingerprint density at radius 2 is 1.76 bits per heavy atom. The maximum absolute atomic E-state index is 12.1. The highest BCUT2D eigenvalue weighted by atomic mass is 16.2. The molecule has 0 atom stereocenters. The van der Waals surface area contributed by atoms with Gasteiger partial charge in [0.2, 0.25) is 0 Å². The van der Waals surface area contributed by atoms with Crippen molar-refractivity contribution >= 4 is 17.4 Å². The second kappa shape index (κ2) is 8.03. The molecule has 0 unspecified atom stereocenters. The first kappa shape index (κ1) is 17.3. The topological polar surface area (TPSA) is 47.6 Å². The molecule has 132 valence electrons. The highest BCUT2D eigenvalue weighted by Gasteiger charge is 2.14. The third-order valence-corrected chi connectivity index (χ3v) is 4.53. The molecular weight excluding hydrogens is 312 g/mol. The summed E-state index contributed by atoms with van der Waals surface area (Å²) in [5.74, 6) is 0. The van der Waals surface area contributed by atoms with Gasteiger partial charge in [-0.2, -0.15) is 0 Å². The van der Waals surface area contributed by atoms with Gasteiger partial charge in [-0.1, -0.05) is 29.8 Å². The zero-order chi connectivity index (χ0) is 17.6. The summed E-state index contributed by atoms with van der Waals surface area (Å²) in [6.07, 6.45) is 0. The van der Waals surface area contributed by atoms with Gasteiger partial charge in [0.05, 0.1) is 0 Å². The van der Waals surface area contributed by atoms with Crippen LogP contribution in [0.4, 0.5) is 16.2 Å². The number of likely N-dealkylation sites (N-methyl/N-ethyl adjacent to an activating group) is 1. The van der Waals surface area contributed by atoms with Crippen molar-refractivity contribution < 1.29 is 4.79 Å². The molecule has 1 heterocycles. The molecule has 0 aliphatic carbocycles. The lowest BCUT2D eigenvalue weighted by molar-refractivity contribution is 0.251. The van der Waals surface area contributed by atoms with Crippen LogP contribution in [0.5, 0.6) is 0 Å². The fourth-order valence-corrected chi connectivity index (χ4v) is 3.00. The maximum Gasteiger partial charge on any atom is 0.319 e. The van der Waals surface area contributed by atoms with E-state index in [1.807, 2.05) is 37.3 Å². The number of carbonyl (C=O) groups excluding carboxylic acids is 1. The minimum Gasteiger partial charge on any atom is -0.369 e. The third kappa shape index (κ3) is 4.97. The van der Waals surface area contributed by atoms with E-state index in [-0.39, 0.29) is 6.03 Å². The van der Waals surface area contributed by atoms with Crippen molar-refractivity contribution in [1.82, 2.24) is 10.2 Å². The fraction of sp³-hybridized carbons (Fsp3) is 0.350. The quantitative estimate of drug-likeness (QED) is 0.901. The van der Waals surface area contributed by atoms with Gasteiger partial charge in [0.15, 0.2) is 0 Å². The second-order valence-electron chi connectivity index (χ2n) is 6.63. The summed E-state index contributed by atoms with van der Waals surface area (Å²) in [4.78, 5) is 16.8. The van der Waals surface area contributed by atoms with Crippen LogP contribution in [0, 0.1) is 6.92 Å². The fourth-order valence-electron chi connectivity index (χ4n) is 3.00. The summed E-state index contributed by atoms with van der Waals surface area (Å²) in [7, 11) is 2.15. The molecule has 2 aromatic rings. The largest absolute Gasteiger partial charge is 0.369 e. The van der Waals surface area contributed by atoms with Gasteiger partial charge in [-0.05, 0) is 43.8 Å². The molecule has 1 aliphatic heterocycles. The van der Waals surface area contributed by atoms with Gasteiger partial charge in [-0.15, -0.1) is 0 Å². The highest BCUT2D eigenvalue weighted by Crippen LogP contribution is 2.19.